The van der Waals surface area contributed by atoms with Gasteiger partial charge in [0.2, 0.25) is 0 Å². The van der Waals surface area contributed by atoms with Crippen molar-refractivity contribution in [2.24, 2.45) is 29.6 Å². The maximum absolute atomic E-state index is 11.5. The lowest BCUT2D eigenvalue weighted by atomic mass is 9.52. The van der Waals surface area contributed by atoms with Crippen molar-refractivity contribution in [2.45, 2.75) is 70.9 Å². The van der Waals surface area contributed by atoms with E-state index in [4.69, 9.17) is 9.16 Å². The summed E-state index contributed by atoms with van der Waals surface area (Å²) in [6.45, 7) is 13.1. The highest BCUT2D eigenvalue weighted by molar-refractivity contribution is 9.10. The highest BCUT2D eigenvalue weighted by atomic mass is 79.9. The van der Waals surface area contributed by atoms with Gasteiger partial charge in [0.25, 0.3) is 8.32 Å². The molecule has 5 heteroatoms. The predicted octanol–water partition coefficient (Wildman–Crippen LogP) is 9.54. The largest absolute Gasteiger partial charge is 0.407 e. The number of hydrogen-bond acceptors (Lipinski definition) is 3. The van der Waals surface area contributed by atoms with Crippen molar-refractivity contribution < 1.29 is 14.0 Å². The Morgan fingerprint density at radius 2 is 1.46 bits per heavy atom. The van der Waals surface area contributed by atoms with Crippen LogP contribution in [0, 0.1) is 29.6 Å². The summed E-state index contributed by atoms with van der Waals surface area (Å²) in [5.74, 6) is 2.23. The van der Waals surface area contributed by atoms with Crippen LogP contribution in [0.25, 0.3) is 0 Å². The van der Waals surface area contributed by atoms with E-state index < -0.39 is 8.32 Å². The van der Waals surface area contributed by atoms with Gasteiger partial charge in [0.05, 0.1) is 12.7 Å². The average molecular weight is 724 g/mol. The maximum atomic E-state index is 11.5. The van der Waals surface area contributed by atoms with Crippen LogP contribution in [0.15, 0.2) is 114 Å². The van der Waals surface area contributed by atoms with Crippen LogP contribution in [0.3, 0.4) is 0 Å². The van der Waals surface area contributed by atoms with E-state index in [-0.39, 0.29) is 23.0 Å². The average Bonchev–Trinajstić information content (AvgIpc) is 3.10. The van der Waals surface area contributed by atoms with E-state index in [9.17, 15) is 4.79 Å². The first-order valence-electron chi connectivity index (χ1n) is 17.8. The SMILES string of the molecule is CC1[C@H](C(OCCC=O)c2ccccc2)[C@@H](CO[Si](c2ccccc2)(c2ccccc2)C(C)(C)C)[C@@H]2CCc3cc(Br)ccc3[C@H]2[C@@H]1C. The second kappa shape index (κ2) is 15.0. The molecule has 0 N–H and O–H groups in total. The molecule has 0 spiro atoms. The normalized spacial score (nSPS) is 24.7. The Kier molecular flexibility index (Phi) is 10.9. The number of rotatable bonds is 11. The monoisotopic (exact) mass is 722 g/mol. The van der Waals surface area contributed by atoms with Gasteiger partial charge < -0.3 is 14.0 Å². The number of ether oxygens (including phenoxy) is 1. The van der Waals surface area contributed by atoms with Gasteiger partial charge in [-0.2, -0.15) is 0 Å². The highest BCUT2D eigenvalue weighted by Crippen LogP contribution is 2.58. The first kappa shape index (κ1) is 35.0. The van der Waals surface area contributed by atoms with Gasteiger partial charge in [0, 0.05) is 17.5 Å². The summed E-state index contributed by atoms with van der Waals surface area (Å²) in [4.78, 5) is 11.5. The molecular formula is C43H51BrO3Si. The van der Waals surface area contributed by atoms with Crippen LogP contribution in [-0.2, 0) is 20.4 Å². The van der Waals surface area contributed by atoms with Gasteiger partial charge in [-0.05, 0) is 92.6 Å². The summed E-state index contributed by atoms with van der Waals surface area (Å²) in [6, 6.07) is 39.8. The van der Waals surface area contributed by atoms with E-state index >= 15 is 0 Å². The molecule has 0 bridgehead atoms. The molecule has 48 heavy (non-hydrogen) atoms. The Hall–Kier alpha value is -2.83. The molecule has 4 aromatic carbocycles. The van der Waals surface area contributed by atoms with Crippen molar-refractivity contribution in [3.05, 3.63) is 130 Å². The van der Waals surface area contributed by atoms with Gasteiger partial charge in [-0.15, -0.1) is 0 Å². The fraction of sp³-hybridized carbons (Fsp3) is 0.419. The van der Waals surface area contributed by atoms with Crippen LogP contribution in [0.5, 0.6) is 0 Å². The first-order valence-corrected chi connectivity index (χ1v) is 20.5. The van der Waals surface area contributed by atoms with Gasteiger partial charge in [-0.3, -0.25) is 0 Å². The lowest BCUT2D eigenvalue weighted by molar-refractivity contribution is -0.114. The van der Waals surface area contributed by atoms with Crippen molar-refractivity contribution in [3.8, 4) is 0 Å². The summed E-state index contributed by atoms with van der Waals surface area (Å²) in [5.41, 5.74) is 4.19. The molecule has 4 aromatic rings. The van der Waals surface area contributed by atoms with Crippen LogP contribution >= 0.6 is 15.9 Å². The molecule has 0 aliphatic heterocycles. The van der Waals surface area contributed by atoms with Crippen molar-refractivity contribution in [1.82, 2.24) is 0 Å². The molecule has 2 aliphatic carbocycles. The van der Waals surface area contributed by atoms with Crippen molar-refractivity contribution in [2.75, 3.05) is 13.2 Å². The summed E-state index contributed by atoms with van der Waals surface area (Å²) in [5, 5.41) is 2.52. The minimum absolute atomic E-state index is 0.108. The Balaban J connectivity index is 1.49. The zero-order valence-electron chi connectivity index (χ0n) is 29.1. The second-order valence-corrected chi connectivity index (χ2v) is 20.4. The van der Waals surface area contributed by atoms with E-state index in [1.165, 1.54) is 27.1 Å². The molecular weight excluding hydrogens is 672 g/mol. The predicted molar refractivity (Wildman–Crippen MR) is 203 cm³/mol. The summed E-state index contributed by atoms with van der Waals surface area (Å²) in [7, 11) is -2.78. The van der Waals surface area contributed by atoms with E-state index in [1.54, 1.807) is 0 Å². The fourth-order valence-corrected chi connectivity index (χ4v) is 14.4. The smallest absolute Gasteiger partial charge is 0.261 e. The molecule has 7 atom stereocenters. The maximum Gasteiger partial charge on any atom is 0.261 e. The highest BCUT2D eigenvalue weighted by Gasteiger charge is 2.55. The zero-order chi connectivity index (χ0) is 33.9. The number of carbonyl (C=O) groups excluding carboxylic acids is 1. The number of halogens is 1. The van der Waals surface area contributed by atoms with Crippen molar-refractivity contribution in [1.29, 1.82) is 0 Å². The Morgan fingerprint density at radius 3 is 2.04 bits per heavy atom. The molecule has 1 fully saturated rings. The van der Waals surface area contributed by atoms with Gasteiger partial charge in [-0.25, -0.2) is 0 Å². The Morgan fingerprint density at radius 1 is 0.854 bits per heavy atom. The van der Waals surface area contributed by atoms with E-state index in [1.807, 2.05) is 0 Å². The van der Waals surface area contributed by atoms with Crippen LogP contribution in [0.4, 0.5) is 0 Å². The van der Waals surface area contributed by atoms with E-state index in [0.717, 1.165) is 23.6 Å². The van der Waals surface area contributed by atoms with Crippen molar-refractivity contribution >= 4 is 40.9 Å². The van der Waals surface area contributed by atoms with Gasteiger partial charge in [0.1, 0.15) is 6.29 Å². The number of fused-ring (bicyclic) bond motifs is 3. The molecule has 2 unspecified atom stereocenters. The third kappa shape index (κ3) is 6.68. The molecule has 0 aromatic heterocycles. The lowest BCUT2D eigenvalue weighted by Gasteiger charge is -2.55. The second-order valence-electron chi connectivity index (χ2n) is 15.2. The quantitative estimate of drug-likeness (QED) is 0.0879. The van der Waals surface area contributed by atoms with Gasteiger partial charge >= 0.3 is 0 Å². The van der Waals surface area contributed by atoms with Crippen LogP contribution in [0.1, 0.15) is 76.2 Å². The first-order chi connectivity index (χ1) is 23.2. The van der Waals surface area contributed by atoms with E-state index in [0.29, 0.717) is 43.3 Å². The van der Waals surface area contributed by atoms with Gasteiger partial charge in [-0.1, -0.05) is 148 Å². The fourth-order valence-electron chi connectivity index (χ4n) is 9.39. The Bertz CT molecular complexity index is 1600. The Labute approximate surface area is 297 Å². The van der Waals surface area contributed by atoms with Crippen LogP contribution < -0.4 is 10.4 Å². The lowest BCUT2D eigenvalue weighted by Crippen LogP contribution is -2.67. The molecule has 1 saturated carbocycles. The van der Waals surface area contributed by atoms with Crippen molar-refractivity contribution in [3.63, 3.8) is 0 Å². The molecule has 6 rings (SSSR count). The molecule has 0 saturated heterocycles. The van der Waals surface area contributed by atoms with Crippen LogP contribution in [-0.4, -0.2) is 27.8 Å². The minimum atomic E-state index is -2.78. The zero-order valence-corrected chi connectivity index (χ0v) is 31.7. The molecule has 0 heterocycles. The number of hydrogen-bond donors (Lipinski definition) is 0. The number of aryl methyl sites for hydroxylation is 1. The number of benzene rings is 4. The molecule has 0 radical (unpaired) electrons. The van der Waals surface area contributed by atoms with Crippen LogP contribution in [0.2, 0.25) is 5.04 Å². The summed E-state index contributed by atoms with van der Waals surface area (Å²) in [6.07, 6.45) is 3.46. The minimum Gasteiger partial charge on any atom is -0.407 e. The summed E-state index contributed by atoms with van der Waals surface area (Å²) >= 11 is 3.75. The summed E-state index contributed by atoms with van der Waals surface area (Å²) < 4.78 is 15.8. The number of carbonyl (C=O) groups is 1. The third-order valence-electron chi connectivity index (χ3n) is 11.6. The molecule has 0 amide bonds. The van der Waals surface area contributed by atoms with Gasteiger partial charge in [0.15, 0.2) is 0 Å². The van der Waals surface area contributed by atoms with E-state index in [2.05, 4.69) is 160 Å². The number of aldehydes is 1. The standard InChI is InChI=1S/C43H51BrO3Si/c1-30-31(2)41(42(46-27-15-26-45)32-16-9-6-10-17-32)39(38-24-22-33-28-34(44)23-25-37(33)40(30)38)29-47-48(43(3,4)5,35-18-11-7-12-19-35)36-20-13-8-14-21-36/h6-14,16-21,23,25-26,28,30-31,38-42H,15,22,24,27,29H2,1-5H3/t30-,31?,38+,39+,40-,41+,42?/m1/s1. The molecule has 252 valence electrons. The molecule has 2 aliphatic rings. The molecule has 3 nitrogen and oxygen atoms in total. The third-order valence-corrected chi connectivity index (χ3v) is 17.1. The topological polar surface area (TPSA) is 35.5 Å².